The number of carbonyl (C=O) groups is 1. The van der Waals surface area contributed by atoms with E-state index in [2.05, 4.69) is 20.5 Å². The van der Waals surface area contributed by atoms with Crippen molar-refractivity contribution in [3.8, 4) is 5.75 Å². The lowest BCUT2D eigenvalue weighted by Gasteiger charge is -2.13. The van der Waals surface area contributed by atoms with Gasteiger partial charge in [-0.15, -0.1) is 5.10 Å². The molecule has 0 bridgehead atoms. The first-order valence-corrected chi connectivity index (χ1v) is 7.48. The zero-order valence-electron chi connectivity index (χ0n) is 11.8. The smallest absolute Gasteiger partial charge is 0.270 e. The van der Waals surface area contributed by atoms with Gasteiger partial charge in [0.15, 0.2) is 5.16 Å². The minimum atomic E-state index is -0.504. The molecule has 1 atom stereocenters. The zero-order chi connectivity index (χ0) is 16.1. The monoisotopic (exact) mass is 340 g/mol. The van der Waals surface area contributed by atoms with Crippen LogP contribution in [0, 0.1) is 0 Å². The van der Waals surface area contributed by atoms with E-state index >= 15 is 0 Å². The maximum Gasteiger partial charge on any atom is 0.270 e. The first kappa shape index (κ1) is 16.3. The van der Waals surface area contributed by atoms with Gasteiger partial charge in [-0.25, -0.2) is 0 Å². The summed E-state index contributed by atoms with van der Waals surface area (Å²) < 4.78 is 5.16. The maximum absolute atomic E-state index is 12.2. The van der Waals surface area contributed by atoms with Crippen molar-refractivity contribution in [2.45, 2.75) is 17.3 Å². The molecule has 1 heterocycles. The Hall–Kier alpha value is -2.06. The average Bonchev–Trinajstić information content (AvgIpc) is 2.47. The van der Waals surface area contributed by atoms with Crippen molar-refractivity contribution in [2.24, 2.45) is 0 Å². The Morgan fingerprint density at radius 1 is 1.50 bits per heavy atom. The standard InChI is InChI=1S/C13H13ClN4O3S/c1-7(22-13-17-11(19)6-15-18-13)12(20)16-9-5-8(14)3-4-10(9)21-2/h3-7H,1-2H3,(H,16,20)(H,17,18,19). The van der Waals surface area contributed by atoms with E-state index in [0.717, 1.165) is 18.0 Å². The number of rotatable bonds is 5. The molecule has 1 aromatic carbocycles. The molecule has 1 aromatic heterocycles. The molecule has 0 saturated heterocycles. The predicted octanol–water partition coefficient (Wildman–Crippen LogP) is 1.95. The molecular weight excluding hydrogens is 328 g/mol. The molecule has 0 aliphatic rings. The molecule has 0 radical (unpaired) electrons. The Balaban J connectivity index is 2.08. The predicted molar refractivity (Wildman–Crippen MR) is 84.6 cm³/mol. The number of amides is 1. The molecule has 0 spiro atoms. The number of aromatic amines is 1. The van der Waals surface area contributed by atoms with Crippen LogP contribution < -0.4 is 15.6 Å². The molecule has 116 valence electrons. The topological polar surface area (TPSA) is 97.0 Å². The summed E-state index contributed by atoms with van der Waals surface area (Å²) in [6.45, 7) is 1.68. The van der Waals surface area contributed by atoms with Crippen LogP contribution in [0.3, 0.4) is 0 Å². The zero-order valence-corrected chi connectivity index (χ0v) is 13.4. The number of ether oxygens (including phenoxy) is 1. The van der Waals surface area contributed by atoms with Crippen LogP contribution in [-0.4, -0.2) is 33.4 Å². The van der Waals surface area contributed by atoms with Crippen molar-refractivity contribution < 1.29 is 9.53 Å². The summed E-state index contributed by atoms with van der Waals surface area (Å²) in [5.74, 6) is 0.222. The average molecular weight is 341 g/mol. The second-order valence-corrected chi connectivity index (χ2v) is 6.00. The van der Waals surface area contributed by atoms with Crippen LogP contribution in [0.5, 0.6) is 5.75 Å². The minimum Gasteiger partial charge on any atom is -0.495 e. The van der Waals surface area contributed by atoms with Crippen LogP contribution in [0.25, 0.3) is 0 Å². The van der Waals surface area contributed by atoms with Gasteiger partial charge in [-0.2, -0.15) is 5.10 Å². The van der Waals surface area contributed by atoms with Gasteiger partial charge < -0.3 is 10.1 Å². The minimum absolute atomic E-state index is 0.271. The van der Waals surface area contributed by atoms with Crippen LogP contribution >= 0.6 is 23.4 Å². The second kappa shape index (κ2) is 7.28. The lowest BCUT2D eigenvalue weighted by atomic mass is 10.3. The summed E-state index contributed by atoms with van der Waals surface area (Å²) in [5.41, 5.74) is 0.0988. The number of hydrogen-bond donors (Lipinski definition) is 2. The Morgan fingerprint density at radius 3 is 2.95 bits per heavy atom. The quantitative estimate of drug-likeness (QED) is 0.807. The lowest BCUT2D eigenvalue weighted by molar-refractivity contribution is -0.115. The fraction of sp³-hybridized carbons (Fsp3) is 0.231. The van der Waals surface area contributed by atoms with Gasteiger partial charge in [0.2, 0.25) is 5.91 Å². The van der Waals surface area contributed by atoms with Crippen molar-refractivity contribution in [1.29, 1.82) is 0 Å². The normalized spacial score (nSPS) is 11.8. The van der Waals surface area contributed by atoms with Gasteiger partial charge in [-0.3, -0.25) is 14.6 Å². The molecule has 9 heteroatoms. The molecule has 0 aliphatic carbocycles. The molecule has 2 aromatic rings. The molecule has 2 N–H and O–H groups in total. The van der Waals surface area contributed by atoms with E-state index in [4.69, 9.17) is 16.3 Å². The summed E-state index contributed by atoms with van der Waals surface area (Å²) in [5, 5.41) is 10.3. The third kappa shape index (κ3) is 4.22. The summed E-state index contributed by atoms with van der Waals surface area (Å²) in [6, 6.07) is 4.92. The largest absolute Gasteiger partial charge is 0.495 e. The number of carbonyl (C=O) groups excluding carboxylic acids is 1. The second-order valence-electron chi connectivity index (χ2n) is 4.23. The molecule has 0 fully saturated rings. The summed E-state index contributed by atoms with van der Waals surface area (Å²) in [6.07, 6.45) is 1.06. The molecule has 1 unspecified atom stereocenters. The van der Waals surface area contributed by atoms with Crippen molar-refractivity contribution in [3.63, 3.8) is 0 Å². The third-order valence-corrected chi connectivity index (χ3v) is 3.84. The number of nitrogens with one attached hydrogen (secondary N) is 2. The van der Waals surface area contributed by atoms with Crippen LogP contribution in [-0.2, 0) is 4.79 Å². The van der Waals surface area contributed by atoms with Gasteiger partial charge in [0.25, 0.3) is 5.56 Å². The lowest BCUT2D eigenvalue weighted by Crippen LogP contribution is -2.23. The highest BCUT2D eigenvalue weighted by Gasteiger charge is 2.18. The van der Waals surface area contributed by atoms with Gasteiger partial charge in [0, 0.05) is 5.02 Å². The first-order valence-electron chi connectivity index (χ1n) is 6.22. The Morgan fingerprint density at radius 2 is 2.27 bits per heavy atom. The van der Waals surface area contributed by atoms with Crippen molar-refractivity contribution in [2.75, 3.05) is 12.4 Å². The maximum atomic E-state index is 12.2. The molecular formula is C13H13ClN4O3S. The third-order valence-electron chi connectivity index (χ3n) is 2.63. The number of nitrogens with zero attached hydrogens (tertiary/aromatic N) is 2. The van der Waals surface area contributed by atoms with Gasteiger partial charge in [-0.05, 0) is 25.1 Å². The fourth-order valence-electron chi connectivity index (χ4n) is 1.58. The number of benzene rings is 1. The van der Waals surface area contributed by atoms with E-state index < -0.39 is 5.25 Å². The Labute approximate surface area is 135 Å². The van der Waals surface area contributed by atoms with Gasteiger partial charge >= 0.3 is 0 Å². The van der Waals surface area contributed by atoms with Gasteiger partial charge in [0.1, 0.15) is 11.9 Å². The number of H-pyrrole nitrogens is 1. The van der Waals surface area contributed by atoms with Gasteiger partial charge in [-0.1, -0.05) is 23.4 Å². The van der Waals surface area contributed by atoms with Crippen molar-refractivity contribution in [1.82, 2.24) is 15.2 Å². The number of anilines is 1. The number of hydrogen-bond acceptors (Lipinski definition) is 6. The van der Waals surface area contributed by atoms with E-state index in [9.17, 15) is 9.59 Å². The summed E-state index contributed by atoms with van der Waals surface area (Å²) in [4.78, 5) is 25.9. The Kier molecular flexibility index (Phi) is 5.40. The van der Waals surface area contributed by atoms with E-state index in [1.54, 1.807) is 25.1 Å². The Bertz CT molecular complexity index is 737. The van der Waals surface area contributed by atoms with Gasteiger partial charge in [0.05, 0.1) is 18.0 Å². The highest BCUT2D eigenvalue weighted by atomic mass is 35.5. The molecule has 7 nitrogen and oxygen atoms in total. The number of aromatic nitrogens is 3. The molecule has 2 rings (SSSR count). The highest BCUT2D eigenvalue weighted by Crippen LogP contribution is 2.28. The van der Waals surface area contributed by atoms with E-state index in [0.29, 0.717) is 16.5 Å². The van der Waals surface area contributed by atoms with Crippen LogP contribution in [0.2, 0.25) is 5.02 Å². The SMILES string of the molecule is COc1ccc(Cl)cc1NC(=O)C(C)Sc1nncc(=O)[nH]1. The molecule has 1 amide bonds. The highest BCUT2D eigenvalue weighted by molar-refractivity contribution is 8.00. The van der Waals surface area contributed by atoms with E-state index in [-0.39, 0.29) is 16.6 Å². The number of thioether (sulfide) groups is 1. The van der Waals surface area contributed by atoms with Crippen LogP contribution in [0.1, 0.15) is 6.92 Å². The van der Waals surface area contributed by atoms with Crippen molar-refractivity contribution >= 4 is 35.0 Å². The number of methoxy groups -OCH3 is 1. The fourth-order valence-corrected chi connectivity index (χ4v) is 2.51. The summed E-state index contributed by atoms with van der Waals surface area (Å²) >= 11 is 7.00. The van der Waals surface area contributed by atoms with E-state index in [1.165, 1.54) is 7.11 Å². The van der Waals surface area contributed by atoms with Crippen molar-refractivity contribution in [3.05, 3.63) is 39.8 Å². The molecule has 0 saturated carbocycles. The first-order chi connectivity index (χ1) is 10.5. The number of halogens is 1. The van der Waals surface area contributed by atoms with Crippen LogP contribution in [0.15, 0.2) is 34.3 Å². The van der Waals surface area contributed by atoms with E-state index in [1.807, 2.05) is 0 Å². The van der Waals surface area contributed by atoms with Crippen LogP contribution in [0.4, 0.5) is 5.69 Å². The molecule has 22 heavy (non-hydrogen) atoms. The molecule has 0 aliphatic heterocycles. The summed E-state index contributed by atoms with van der Waals surface area (Å²) in [7, 11) is 1.50.